The largest absolute Gasteiger partial charge is 0.481 e. The summed E-state index contributed by atoms with van der Waals surface area (Å²) in [5.74, 6) is -0.694. The van der Waals surface area contributed by atoms with Crippen LogP contribution < -0.4 is 0 Å². The fraction of sp³-hybridized carbons (Fsp3) is 0.500. The average molecular weight is 272 g/mol. The highest BCUT2D eigenvalue weighted by atomic mass is 16.4. The van der Waals surface area contributed by atoms with E-state index in [1.54, 1.807) is 6.07 Å². The summed E-state index contributed by atoms with van der Waals surface area (Å²) in [6, 6.07) is 9.83. The number of hydrogen-bond donors (Lipinski definition) is 1. The van der Waals surface area contributed by atoms with Gasteiger partial charge < -0.3 is 5.11 Å². The minimum absolute atomic E-state index is 0.135. The lowest BCUT2D eigenvalue weighted by molar-refractivity contribution is -0.148. The number of likely N-dealkylation sites (tertiary alicyclic amines) is 1. The molecule has 0 amide bonds. The first-order valence-electron chi connectivity index (χ1n) is 7.00. The Labute approximate surface area is 119 Å². The third-order valence-electron chi connectivity index (χ3n) is 4.56. The Hall–Kier alpha value is -1.86. The normalized spacial score (nSPS) is 24.2. The summed E-state index contributed by atoms with van der Waals surface area (Å²) >= 11 is 0. The SMILES string of the molecule is CCC1(C(=O)O)CCN(C(C)c2cccc(C#N)c2)C1. The molecule has 20 heavy (non-hydrogen) atoms. The Balaban J connectivity index is 2.17. The van der Waals surface area contributed by atoms with Gasteiger partial charge in [0.15, 0.2) is 0 Å². The topological polar surface area (TPSA) is 64.3 Å². The van der Waals surface area contributed by atoms with Crippen LogP contribution >= 0.6 is 0 Å². The van der Waals surface area contributed by atoms with Crippen LogP contribution in [0, 0.1) is 16.7 Å². The van der Waals surface area contributed by atoms with Crippen LogP contribution in [0.15, 0.2) is 24.3 Å². The summed E-state index contributed by atoms with van der Waals surface area (Å²) in [6.07, 6.45) is 1.35. The second-order valence-corrected chi connectivity index (χ2v) is 5.57. The zero-order valence-corrected chi connectivity index (χ0v) is 12.0. The van der Waals surface area contributed by atoms with Crippen LogP contribution in [0.1, 0.15) is 43.9 Å². The van der Waals surface area contributed by atoms with Crippen molar-refractivity contribution < 1.29 is 9.90 Å². The van der Waals surface area contributed by atoms with Crippen LogP contribution in [0.25, 0.3) is 0 Å². The molecule has 0 bridgehead atoms. The number of carboxylic acid groups (broad SMARTS) is 1. The molecular formula is C16H20N2O2. The molecule has 1 aliphatic rings. The molecule has 1 saturated heterocycles. The molecule has 1 aliphatic heterocycles. The van der Waals surface area contributed by atoms with E-state index in [1.807, 2.05) is 25.1 Å². The van der Waals surface area contributed by atoms with Gasteiger partial charge in [-0.3, -0.25) is 9.69 Å². The molecule has 0 saturated carbocycles. The van der Waals surface area contributed by atoms with Crippen molar-refractivity contribution in [1.29, 1.82) is 5.26 Å². The van der Waals surface area contributed by atoms with Crippen molar-refractivity contribution in [2.45, 2.75) is 32.7 Å². The number of rotatable bonds is 4. The predicted octanol–water partition coefficient (Wildman–Crippen LogP) is 2.81. The highest BCUT2D eigenvalue weighted by Crippen LogP contribution is 2.38. The maximum atomic E-state index is 11.5. The van der Waals surface area contributed by atoms with E-state index >= 15 is 0 Å². The highest BCUT2D eigenvalue weighted by Gasteiger charge is 2.44. The number of hydrogen-bond acceptors (Lipinski definition) is 3. The van der Waals surface area contributed by atoms with Gasteiger partial charge in [-0.2, -0.15) is 5.26 Å². The molecule has 4 nitrogen and oxygen atoms in total. The number of carboxylic acids is 1. The summed E-state index contributed by atoms with van der Waals surface area (Å²) in [4.78, 5) is 13.7. The molecule has 4 heteroatoms. The zero-order chi connectivity index (χ0) is 14.8. The van der Waals surface area contributed by atoms with Gasteiger partial charge in [0.05, 0.1) is 17.0 Å². The van der Waals surface area contributed by atoms with E-state index in [4.69, 9.17) is 5.26 Å². The van der Waals surface area contributed by atoms with E-state index in [1.165, 1.54) is 0 Å². The molecule has 1 aromatic carbocycles. The standard InChI is InChI=1S/C16H20N2O2/c1-3-16(15(19)20)7-8-18(11-16)12(2)14-6-4-5-13(9-14)10-17/h4-6,9,12H,3,7-8,11H2,1-2H3,(H,19,20). The third-order valence-corrected chi connectivity index (χ3v) is 4.56. The van der Waals surface area contributed by atoms with E-state index in [-0.39, 0.29) is 6.04 Å². The number of benzene rings is 1. The molecule has 106 valence electrons. The van der Waals surface area contributed by atoms with Crippen LogP contribution in [0.3, 0.4) is 0 Å². The summed E-state index contributed by atoms with van der Waals surface area (Å²) in [5, 5.41) is 18.4. The van der Waals surface area contributed by atoms with Crippen molar-refractivity contribution >= 4 is 5.97 Å². The van der Waals surface area contributed by atoms with Gasteiger partial charge >= 0.3 is 5.97 Å². The molecule has 1 heterocycles. The first-order chi connectivity index (χ1) is 9.52. The van der Waals surface area contributed by atoms with Gasteiger partial charge in [0.1, 0.15) is 0 Å². The maximum absolute atomic E-state index is 11.5. The summed E-state index contributed by atoms with van der Waals surface area (Å²) in [6.45, 7) is 5.39. The molecule has 2 rings (SSSR count). The van der Waals surface area contributed by atoms with E-state index in [2.05, 4.69) is 17.9 Å². The lowest BCUT2D eigenvalue weighted by Crippen LogP contribution is -2.35. The van der Waals surface area contributed by atoms with E-state index < -0.39 is 11.4 Å². The first kappa shape index (κ1) is 14.5. The van der Waals surface area contributed by atoms with Gasteiger partial charge in [-0.05, 0) is 44.0 Å². The summed E-state index contributed by atoms with van der Waals surface area (Å²) < 4.78 is 0. The molecule has 2 unspecified atom stereocenters. The smallest absolute Gasteiger partial charge is 0.310 e. The number of nitrogens with zero attached hydrogens (tertiary/aromatic N) is 2. The number of aliphatic carboxylic acids is 1. The predicted molar refractivity (Wildman–Crippen MR) is 76.1 cm³/mol. The lowest BCUT2D eigenvalue weighted by Gasteiger charge is -2.27. The second-order valence-electron chi connectivity index (χ2n) is 5.57. The molecular weight excluding hydrogens is 252 g/mol. The molecule has 1 fully saturated rings. The molecule has 0 radical (unpaired) electrons. The minimum atomic E-state index is -0.694. The van der Waals surface area contributed by atoms with Gasteiger partial charge in [-0.1, -0.05) is 19.1 Å². The van der Waals surface area contributed by atoms with Crippen LogP contribution in [-0.4, -0.2) is 29.1 Å². The Morgan fingerprint density at radius 3 is 2.90 bits per heavy atom. The molecule has 1 aromatic rings. The first-order valence-corrected chi connectivity index (χ1v) is 7.00. The average Bonchev–Trinajstić information content (AvgIpc) is 2.92. The van der Waals surface area contributed by atoms with Crippen molar-refractivity contribution in [3.63, 3.8) is 0 Å². The fourth-order valence-electron chi connectivity index (χ4n) is 2.93. The van der Waals surface area contributed by atoms with Crippen molar-refractivity contribution in [3.05, 3.63) is 35.4 Å². The Bertz CT molecular complexity index is 550. The summed E-state index contributed by atoms with van der Waals surface area (Å²) in [7, 11) is 0. The van der Waals surface area contributed by atoms with Crippen molar-refractivity contribution in [1.82, 2.24) is 4.90 Å². The van der Waals surface area contributed by atoms with Crippen LogP contribution in [0.4, 0.5) is 0 Å². The van der Waals surface area contributed by atoms with Crippen LogP contribution in [0.5, 0.6) is 0 Å². The maximum Gasteiger partial charge on any atom is 0.310 e. The van der Waals surface area contributed by atoms with Gasteiger partial charge in [-0.15, -0.1) is 0 Å². The fourth-order valence-corrected chi connectivity index (χ4v) is 2.93. The third kappa shape index (κ3) is 2.54. The van der Waals surface area contributed by atoms with Crippen molar-refractivity contribution in [2.24, 2.45) is 5.41 Å². The monoisotopic (exact) mass is 272 g/mol. The van der Waals surface area contributed by atoms with E-state index in [9.17, 15) is 9.90 Å². The molecule has 0 aromatic heterocycles. The van der Waals surface area contributed by atoms with Gasteiger partial charge in [-0.25, -0.2) is 0 Å². The quantitative estimate of drug-likeness (QED) is 0.915. The number of carbonyl (C=O) groups is 1. The highest BCUT2D eigenvalue weighted by molar-refractivity contribution is 5.75. The Morgan fingerprint density at radius 2 is 2.35 bits per heavy atom. The molecule has 1 N–H and O–H groups in total. The lowest BCUT2D eigenvalue weighted by atomic mass is 9.84. The zero-order valence-electron chi connectivity index (χ0n) is 12.0. The van der Waals surface area contributed by atoms with Crippen LogP contribution in [-0.2, 0) is 4.79 Å². The van der Waals surface area contributed by atoms with Gasteiger partial charge in [0, 0.05) is 12.6 Å². The Morgan fingerprint density at radius 1 is 1.60 bits per heavy atom. The number of nitriles is 1. The molecule has 2 atom stereocenters. The van der Waals surface area contributed by atoms with E-state index in [0.717, 1.165) is 12.1 Å². The van der Waals surface area contributed by atoms with Gasteiger partial charge in [0.25, 0.3) is 0 Å². The van der Waals surface area contributed by atoms with Gasteiger partial charge in [0.2, 0.25) is 0 Å². The Kier molecular flexibility index (Phi) is 4.10. The summed E-state index contributed by atoms with van der Waals surface area (Å²) in [5.41, 5.74) is 1.11. The van der Waals surface area contributed by atoms with Crippen LogP contribution in [0.2, 0.25) is 0 Å². The van der Waals surface area contributed by atoms with E-state index in [0.29, 0.717) is 24.9 Å². The van der Waals surface area contributed by atoms with Crippen molar-refractivity contribution in [2.75, 3.05) is 13.1 Å². The van der Waals surface area contributed by atoms with Crippen molar-refractivity contribution in [3.8, 4) is 6.07 Å². The molecule has 0 spiro atoms. The minimum Gasteiger partial charge on any atom is -0.481 e. The second kappa shape index (κ2) is 5.64. The molecule has 0 aliphatic carbocycles.